The fraction of sp³-hybridized carbons (Fsp3) is 0. The van der Waals surface area contributed by atoms with Crippen LogP contribution >= 0.6 is 23.1 Å². The van der Waals surface area contributed by atoms with E-state index >= 15 is 0 Å². The zero-order valence-electron chi connectivity index (χ0n) is 7.48. The number of anilines is 1. The number of rotatable bonds is 2. The lowest BCUT2D eigenvalue weighted by atomic mass is 10.2. The molecule has 4 nitrogen and oxygen atoms in total. The number of halogens is 1. The molecule has 1 amide bonds. The second kappa shape index (κ2) is 4.37. The average molecular weight is 240 g/mol. The van der Waals surface area contributed by atoms with Crippen LogP contribution in [0.5, 0.6) is 0 Å². The third-order valence-corrected chi connectivity index (χ3v) is 2.62. The summed E-state index contributed by atoms with van der Waals surface area (Å²) in [6.45, 7) is 0. The fourth-order valence-electron chi connectivity index (χ4n) is 1.01. The Bertz CT molecular complexity index is 472. The molecule has 0 radical (unpaired) electrons. The van der Waals surface area contributed by atoms with Crippen LogP contribution in [0.4, 0.5) is 5.69 Å². The van der Waals surface area contributed by atoms with Crippen molar-refractivity contribution in [2.45, 2.75) is 0 Å². The standard InChI is InChI=1S/C9H6ClN3OS/c10-8-1-2-11-4-7(8)9(14)13-6-3-12-15-5-6/h1-5H,(H,13,14). The summed E-state index contributed by atoms with van der Waals surface area (Å²) >= 11 is 7.11. The molecule has 0 unspecified atom stereocenters. The Morgan fingerprint density at radius 1 is 1.47 bits per heavy atom. The maximum absolute atomic E-state index is 11.7. The third-order valence-electron chi connectivity index (χ3n) is 1.70. The van der Waals surface area contributed by atoms with Gasteiger partial charge in [-0.3, -0.25) is 9.78 Å². The van der Waals surface area contributed by atoms with E-state index in [1.165, 1.54) is 23.9 Å². The molecular weight excluding hydrogens is 234 g/mol. The largest absolute Gasteiger partial charge is 0.320 e. The molecule has 15 heavy (non-hydrogen) atoms. The van der Waals surface area contributed by atoms with E-state index in [2.05, 4.69) is 14.7 Å². The maximum Gasteiger partial charge on any atom is 0.258 e. The second-order valence-electron chi connectivity index (χ2n) is 2.72. The van der Waals surface area contributed by atoms with Gasteiger partial charge >= 0.3 is 0 Å². The minimum Gasteiger partial charge on any atom is -0.320 e. The number of aromatic nitrogens is 2. The zero-order chi connectivity index (χ0) is 10.7. The van der Waals surface area contributed by atoms with Crippen LogP contribution in [0.25, 0.3) is 0 Å². The Kier molecular flexibility index (Phi) is 2.94. The van der Waals surface area contributed by atoms with Gasteiger partial charge < -0.3 is 5.32 Å². The lowest BCUT2D eigenvalue weighted by Crippen LogP contribution is -2.12. The number of pyridine rings is 1. The quantitative estimate of drug-likeness (QED) is 0.876. The third kappa shape index (κ3) is 2.31. The Morgan fingerprint density at radius 3 is 3.00 bits per heavy atom. The molecule has 0 saturated carbocycles. The van der Waals surface area contributed by atoms with Crippen molar-refractivity contribution < 1.29 is 4.79 Å². The number of nitrogens with one attached hydrogen (secondary N) is 1. The van der Waals surface area contributed by atoms with Crippen molar-refractivity contribution in [3.8, 4) is 0 Å². The molecule has 0 spiro atoms. The van der Waals surface area contributed by atoms with E-state index in [1.54, 1.807) is 17.6 Å². The van der Waals surface area contributed by atoms with Crippen molar-refractivity contribution in [1.29, 1.82) is 0 Å². The number of hydrogen-bond donors (Lipinski definition) is 1. The van der Waals surface area contributed by atoms with Gasteiger partial charge in [-0.25, -0.2) is 0 Å². The summed E-state index contributed by atoms with van der Waals surface area (Å²) in [7, 11) is 0. The highest BCUT2D eigenvalue weighted by Crippen LogP contribution is 2.16. The van der Waals surface area contributed by atoms with E-state index < -0.39 is 0 Å². The zero-order valence-corrected chi connectivity index (χ0v) is 9.05. The number of amides is 1. The second-order valence-corrected chi connectivity index (χ2v) is 3.79. The monoisotopic (exact) mass is 239 g/mol. The van der Waals surface area contributed by atoms with Crippen molar-refractivity contribution >= 4 is 34.7 Å². The lowest BCUT2D eigenvalue weighted by molar-refractivity contribution is 0.102. The Labute approximate surface area is 95.1 Å². The van der Waals surface area contributed by atoms with E-state index in [9.17, 15) is 4.79 Å². The van der Waals surface area contributed by atoms with Gasteiger partial charge in [-0.05, 0) is 17.6 Å². The molecule has 0 atom stereocenters. The molecule has 2 heterocycles. The average Bonchev–Trinajstić information content (AvgIpc) is 2.71. The van der Waals surface area contributed by atoms with Crippen molar-refractivity contribution in [2.24, 2.45) is 0 Å². The van der Waals surface area contributed by atoms with Gasteiger partial charge in [0.15, 0.2) is 0 Å². The number of carbonyl (C=O) groups is 1. The summed E-state index contributed by atoms with van der Waals surface area (Å²) in [5.74, 6) is -0.284. The van der Waals surface area contributed by atoms with Gasteiger partial charge in [0, 0.05) is 17.8 Å². The first-order valence-corrected chi connectivity index (χ1v) is 5.29. The highest BCUT2D eigenvalue weighted by atomic mass is 35.5. The predicted octanol–water partition coefficient (Wildman–Crippen LogP) is 2.44. The van der Waals surface area contributed by atoms with Crippen LogP contribution in [-0.4, -0.2) is 15.3 Å². The fourth-order valence-corrected chi connectivity index (χ4v) is 1.67. The topological polar surface area (TPSA) is 54.9 Å². The number of carbonyl (C=O) groups excluding carboxylic acids is 1. The molecule has 0 aliphatic rings. The summed E-state index contributed by atoms with van der Waals surface area (Å²) < 4.78 is 3.87. The first-order valence-electron chi connectivity index (χ1n) is 4.07. The number of nitrogens with zero attached hydrogens (tertiary/aromatic N) is 2. The van der Waals surface area contributed by atoms with E-state index in [-0.39, 0.29) is 5.91 Å². The minimum absolute atomic E-state index is 0.284. The smallest absolute Gasteiger partial charge is 0.258 e. The van der Waals surface area contributed by atoms with Crippen LogP contribution in [0.15, 0.2) is 30.0 Å². The summed E-state index contributed by atoms with van der Waals surface area (Å²) in [5.41, 5.74) is 1.01. The SMILES string of the molecule is O=C(Nc1cnsc1)c1cnccc1Cl. The highest BCUT2D eigenvalue weighted by Gasteiger charge is 2.10. The number of hydrogen-bond acceptors (Lipinski definition) is 4. The van der Waals surface area contributed by atoms with Gasteiger partial charge in [0.1, 0.15) is 0 Å². The molecule has 0 aliphatic carbocycles. The molecule has 0 fully saturated rings. The highest BCUT2D eigenvalue weighted by molar-refractivity contribution is 7.04. The molecule has 2 aromatic heterocycles. The normalized spacial score (nSPS) is 9.93. The van der Waals surface area contributed by atoms with Gasteiger partial charge in [-0.1, -0.05) is 11.6 Å². The van der Waals surface area contributed by atoms with Crippen LogP contribution in [0.2, 0.25) is 5.02 Å². The van der Waals surface area contributed by atoms with E-state index in [1.807, 2.05) is 0 Å². The van der Waals surface area contributed by atoms with Crippen LogP contribution in [0.3, 0.4) is 0 Å². The van der Waals surface area contributed by atoms with Gasteiger partial charge in [0.05, 0.1) is 22.5 Å². The summed E-state index contributed by atoms with van der Waals surface area (Å²) in [5, 5.41) is 4.78. The molecule has 76 valence electrons. The minimum atomic E-state index is -0.284. The molecule has 1 N–H and O–H groups in total. The molecule has 0 aromatic carbocycles. The molecule has 0 bridgehead atoms. The van der Waals surface area contributed by atoms with Crippen molar-refractivity contribution in [1.82, 2.24) is 9.36 Å². The maximum atomic E-state index is 11.7. The predicted molar refractivity (Wildman–Crippen MR) is 59.3 cm³/mol. The molecule has 0 saturated heterocycles. The molecule has 0 aliphatic heterocycles. The Balaban J connectivity index is 2.19. The van der Waals surface area contributed by atoms with E-state index in [0.29, 0.717) is 16.3 Å². The molecular formula is C9H6ClN3OS. The van der Waals surface area contributed by atoms with Crippen LogP contribution in [0, 0.1) is 0 Å². The van der Waals surface area contributed by atoms with Gasteiger partial charge in [-0.2, -0.15) is 4.37 Å². The van der Waals surface area contributed by atoms with Gasteiger partial charge in [0.25, 0.3) is 5.91 Å². The summed E-state index contributed by atoms with van der Waals surface area (Å²) in [6, 6.07) is 1.57. The van der Waals surface area contributed by atoms with Gasteiger partial charge in [-0.15, -0.1) is 0 Å². The van der Waals surface area contributed by atoms with E-state index in [0.717, 1.165) is 0 Å². The first-order chi connectivity index (χ1) is 7.27. The van der Waals surface area contributed by atoms with Crippen molar-refractivity contribution in [3.63, 3.8) is 0 Å². The van der Waals surface area contributed by atoms with Crippen molar-refractivity contribution in [2.75, 3.05) is 5.32 Å². The van der Waals surface area contributed by atoms with Crippen LogP contribution in [-0.2, 0) is 0 Å². The molecule has 2 rings (SSSR count). The van der Waals surface area contributed by atoms with E-state index in [4.69, 9.17) is 11.6 Å². The molecule has 6 heteroatoms. The van der Waals surface area contributed by atoms with Crippen molar-refractivity contribution in [3.05, 3.63) is 40.6 Å². The summed E-state index contributed by atoms with van der Waals surface area (Å²) in [6.07, 6.45) is 4.54. The van der Waals surface area contributed by atoms with Crippen LogP contribution < -0.4 is 5.32 Å². The molecule has 2 aromatic rings. The Morgan fingerprint density at radius 2 is 2.33 bits per heavy atom. The lowest BCUT2D eigenvalue weighted by Gasteiger charge is -2.02. The Hall–Kier alpha value is -1.46. The summed E-state index contributed by atoms with van der Waals surface area (Å²) in [4.78, 5) is 15.5. The van der Waals surface area contributed by atoms with Crippen LogP contribution in [0.1, 0.15) is 10.4 Å². The van der Waals surface area contributed by atoms with Gasteiger partial charge in [0.2, 0.25) is 0 Å². The first kappa shape index (κ1) is 10.1.